The lowest BCUT2D eigenvalue weighted by atomic mass is 9.94. The van der Waals surface area contributed by atoms with E-state index >= 15 is 0 Å². The van der Waals surface area contributed by atoms with Crippen molar-refractivity contribution in [3.63, 3.8) is 0 Å². The largest absolute Gasteiger partial charge is 0.449 e. The van der Waals surface area contributed by atoms with Crippen LogP contribution in [0.4, 0.5) is 15.3 Å². The van der Waals surface area contributed by atoms with Gasteiger partial charge in [-0.25, -0.2) is 9.59 Å². The summed E-state index contributed by atoms with van der Waals surface area (Å²) < 4.78 is 10.6. The number of hydrogen-bond donors (Lipinski definition) is 1. The zero-order valence-corrected chi connectivity index (χ0v) is 16.8. The van der Waals surface area contributed by atoms with Crippen LogP contribution in [-0.4, -0.2) is 42.2 Å². The number of alkyl halides is 1. The molecule has 7 heteroatoms. The quantitative estimate of drug-likeness (QED) is 0.638. The Hall–Kier alpha value is -1.95. The molecular formula is C20H29ClN2O4. The molecule has 0 saturated heterocycles. The molecule has 1 aliphatic rings. The summed E-state index contributed by atoms with van der Waals surface area (Å²) >= 11 is 5.89. The average Bonchev–Trinajstić information content (AvgIpc) is 2.65. The van der Waals surface area contributed by atoms with E-state index in [4.69, 9.17) is 21.1 Å². The number of anilines is 1. The number of benzene rings is 1. The summed E-state index contributed by atoms with van der Waals surface area (Å²) in [6, 6.07) is 6.90. The Bertz CT molecular complexity index is 618. The Morgan fingerprint density at radius 3 is 2.67 bits per heavy atom. The maximum atomic E-state index is 12.6. The molecule has 2 rings (SSSR count). The van der Waals surface area contributed by atoms with Crippen molar-refractivity contribution in [3.05, 3.63) is 24.3 Å². The molecule has 2 amide bonds. The van der Waals surface area contributed by atoms with Crippen LogP contribution < -0.4 is 10.1 Å². The van der Waals surface area contributed by atoms with Gasteiger partial charge in [0.1, 0.15) is 5.75 Å². The molecule has 6 nitrogen and oxygen atoms in total. The zero-order valence-electron chi connectivity index (χ0n) is 16.1. The molecular weight excluding hydrogens is 368 g/mol. The molecule has 150 valence electrons. The minimum absolute atomic E-state index is 0.178. The molecule has 0 atom stereocenters. The molecule has 0 bridgehead atoms. The van der Waals surface area contributed by atoms with Crippen molar-refractivity contribution < 1.29 is 19.1 Å². The molecule has 1 aromatic rings. The first-order valence-corrected chi connectivity index (χ1v) is 10.1. The highest BCUT2D eigenvalue weighted by molar-refractivity contribution is 6.18. The monoisotopic (exact) mass is 396 g/mol. The van der Waals surface area contributed by atoms with Crippen molar-refractivity contribution in [3.8, 4) is 5.75 Å². The number of carbonyl (C=O) groups excluding carboxylic acids is 2. The standard InChI is InChI=1S/C20H29ClN2O4/c1-15(2)14-26-19(24)22-16-7-6-10-18(13-16)27-20(25)23(12-11-21)17-8-4-3-5-9-17/h6-7,10,13,15,17H,3-5,8-9,11-12,14H2,1-2H3,(H,22,24). The normalized spacial score (nSPS) is 14.7. The Balaban J connectivity index is 1.96. The lowest BCUT2D eigenvalue weighted by Crippen LogP contribution is -2.44. The van der Waals surface area contributed by atoms with Gasteiger partial charge in [-0.1, -0.05) is 39.2 Å². The van der Waals surface area contributed by atoms with Crippen molar-refractivity contribution in [1.29, 1.82) is 0 Å². The Morgan fingerprint density at radius 1 is 1.26 bits per heavy atom. The second kappa shape index (κ2) is 11.0. The molecule has 0 radical (unpaired) electrons. The van der Waals surface area contributed by atoms with Crippen LogP contribution in [0.25, 0.3) is 0 Å². The van der Waals surface area contributed by atoms with Gasteiger partial charge in [-0.15, -0.1) is 11.6 Å². The summed E-state index contributed by atoms with van der Waals surface area (Å²) in [5.41, 5.74) is 0.510. The number of halogens is 1. The van der Waals surface area contributed by atoms with Crippen molar-refractivity contribution >= 4 is 29.5 Å². The lowest BCUT2D eigenvalue weighted by Gasteiger charge is -2.33. The smallest absolute Gasteiger partial charge is 0.415 e. The van der Waals surface area contributed by atoms with Crippen LogP contribution in [0, 0.1) is 5.92 Å². The van der Waals surface area contributed by atoms with Gasteiger partial charge in [-0.2, -0.15) is 0 Å². The molecule has 0 heterocycles. The molecule has 0 unspecified atom stereocenters. The minimum atomic E-state index is -0.529. The summed E-state index contributed by atoms with van der Waals surface area (Å²) in [5.74, 6) is 1.00. The second-order valence-electron chi connectivity index (χ2n) is 7.19. The molecule has 27 heavy (non-hydrogen) atoms. The van der Waals surface area contributed by atoms with E-state index in [1.54, 1.807) is 29.2 Å². The Labute approximate surface area is 166 Å². The Kier molecular flexibility index (Phi) is 8.72. The van der Waals surface area contributed by atoms with Gasteiger partial charge < -0.3 is 14.4 Å². The highest BCUT2D eigenvalue weighted by Crippen LogP contribution is 2.24. The summed E-state index contributed by atoms with van der Waals surface area (Å²) in [5, 5.41) is 2.64. The van der Waals surface area contributed by atoms with Gasteiger partial charge in [-0.05, 0) is 30.9 Å². The van der Waals surface area contributed by atoms with Gasteiger partial charge in [-0.3, -0.25) is 5.32 Å². The molecule has 0 spiro atoms. The van der Waals surface area contributed by atoms with E-state index in [1.807, 2.05) is 13.8 Å². The van der Waals surface area contributed by atoms with E-state index in [1.165, 1.54) is 6.42 Å². The van der Waals surface area contributed by atoms with Crippen LogP contribution in [0.3, 0.4) is 0 Å². The highest BCUT2D eigenvalue weighted by atomic mass is 35.5. The number of amides is 2. The van der Waals surface area contributed by atoms with Crippen LogP contribution in [0.5, 0.6) is 5.75 Å². The zero-order chi connectivity index (χ0) is 19.6. The molecule has 1 N–H and O–H groups in total. The van der Waals surface area contributed by atoms with Crippen molar-refractivity contribution in [2.24, 2.45) is 5.92 Å². The van der Waals surface area contributed by atoms with Gasteiger partial charge in [0.05, 0.1) is 6.61 Å². The van der Waals surface area contributed by atoms with E-state index in [2.05, 4.69) is 5.32 Å². The maximum Gasteiger partial charge on any atom is 0.415 e. The van der Waals surface area contributed by atoms with Crippen LogP contribution in [-0.2, 0) is 4.74 Å². The first kappa shape index (κ1) is 21.4. The van der Waals surface area contributed by atoms with Gasteiger partial charge in [0, 0.05) is 30.2 Å². The minimum Gasteiger partial charge on any atom is -0.449 e. The highest BCUT2D eigenvalue weighted by Gasteiger charge is 2.26. The molecule has 1 aromatic carbocycles. The first-order chi connectivity index (χ1) is 13.0. The van der Waals surface area contributed by atoms with Crippen LogP contribution in [0.1, 0.15) is 46.0 Å². The number of nitrogens with one attached hydrogen (secondary N) is 1. The molecule has 1 fully saturated rings. The third-order valence-corrected chi connectivity index (χ3v) is 4.58. The fourth-order valence-electron chi connectivity index (χ4n) is 3.10. The molecule has 1 saturated carbocycles. The molecule has 0 aromatic heterocycles. The fourth-order valence-corrected chi connectivity index (χ4v) is 3.28. The Morgan fingerprint density at radius 2 is 2.00 bits per heavy atom. The van der Waals surface area contributed by atoms with Crippen LogP contribution in [0.2, 0.25) is 0 Å². The number of rotatable bonds is 7. The molecule has 1 aliphatic carbocycles. The molecule has 0 aliphatic heterocycles. The SMILES string of the molecule is CC(C)COC(=O)Nc1cccc(OC(=O)N(CCCl)C2CCCCC2)c1. The number of hydrogen-bond acceptors (Lipinski definition) is 4. The first-order valence-electron chi connectivity index (χ1n) is 9.58. The van der Waals surface area contributed by atoms with Crippen LogP contribution >= 0.6 is 11.6 Å². The summed E-state index contributed by atoms with van der Waals surface area (Å²) in [6.07, 6.45) is 4.48. The third-order valence-electron chi connectivity index (χ3n) is 4.41. The fraction of sp³-hybridized carbons (Fsp3) is 0.600. The van der Waals surface area contributed by atoms with E-state index in [-0.39, 0.29) is 12.0 Å². The van der Waals surface area contributed by atoms with Gasteiger partial charge in [0.2, 0.25) is 0 Å². The van der Waals surface area contributed by atoms with Gasteiger partial charge >= 0.3 is 12.2 Å². The number of carbonyl (C=O) groups is 2. The van der Waals surface area contributed by atoms with E-state index in [0.29, 0.717) is 30.5 Å². The predicted molar refractivity (Wildman–Crippen MR) is 107 cm³/mol. The van der Waals surface area contributed by atoms with E-state index < -0.39 is 12.2 Å². The number of nitrogens with zero attached hydrogens (tertiary/aromatic N) is 1. The second-order valence-corrected chi connectivity index (χ2v) is 7.57. The van der Waals surface area contributed by atoms with Crippen molar-refractivity contribution in [2.45, 2.75) is 52.0 Å². The number of ether oxygens (including phenoxy) is 2. The summed E-state index contributed by atoms with van der Waals surface area (Å²) in [7, 11) is 0. The van der Waals surface area contributed by atoms with Crippen molar-refractivity contribution in [1.82, 2.24) is 4.90 Å². The van der Waals surface area contributed by atoms with Gasteiger partial charge in [0.25, 0.3) is 0 Å². The van der Waals surface area contributed by atoms with Crippen molar-refractivity contribution in [2.75, 3.05) is 24.3 Å². The third kappa shape index (κ3) is 7.29. The lowest BCUT2D eigenvalue weighted by molar-refractivity contribution is 0.121. The van der Waals surface area contributed by atoms with E-state index in [0.717, 1.165) is 25.7 Å². The van der Waals surface area contributed by atoms with E-state index in [9.17, 15) is 9.59 Å². The topological polar surface area (TPSA) is 67.9 Å². The van der Waals surface area contributed by atoms with Gasteiger partial charge in [0.15, 0.2) is 0 Å². The predicted octanol–water partition coefficient (Wildman–Crippen LogP) is 5.26. The van der Waals surface area contributed by atoms with Crippen LogP contribution in [0.15, 0.2) is 24.3 Å². The average molecular weight is 397 g/mol. The summed E-state index contributed by atoms with van der Waals surface area (Å²) in [4.78, 5) is 26.2. The summed E-state index contributed by atoms with van der Waals surface area (Å²) in [6.45, 7) is 4.73. The maximum absolute atomic E-state index is 12.6.